The van der Waals surface area contributed by atoms with Crippen LogP contribution in [0.2, 0.25) is 0 Å². The number of pyridine rings is 1. The maximum atomic E-state index is 13.1. The van der Waals surface area contributed by atoms with Crippen molar-refractivity contribution in [2.75, 3.05) is 6.61 Å². The van der Waals surface area contributed by atoms with E-state index in [9.17, 15) is 14.4 Å². The molecule has 27 heavy (non-hydrogen) atoms. The highest BCUT2D eigenvalue weighted by Gasteiger charge is 2.26. The highest BCUT2D eigenvalue weighted by molar-refractivity contribution is 6.13. The van der Waals surface area contributed by atoms with E-state index in [0.29, 0.717) is 22.3 Å². The highest BCUT2D eigenvalue weighted by Crippen LogP contribution is 2.20. The fourth-order valence-electron chi connectivity index (χ4n) is 2.66. The van der Waals surface area contributed by atoms with Gasteiger partial charge in [0.1, 0.15) is 11.3 Å². The van der Waals surface area contributed by atoms with Gasteiger partial charge in [-0.05, 0) is 50.2 Å². The number of hydrogen-bond acceptors (Lipinski definition) is 6. The number of aromatic nitrogens is 2. The SMILES string of the molecule is CCOC(=O)c1nc2cc(C(C)=O)ccn2c1C(=O)c1ccc(C#N)cc1. The van der Waals surface area contributed by atoms with Crippen LogP contribution in [0.4, 0.5) is 0 Å². The minimum atomic E-state index is -0.720. The summed E-state index contributed by atoms with van der Waals surface area (Å²) in [6.45, 7) is 3.21. The van der Waals surface area contributed by atoms with Crippen LogP contribution in [0.25, 0.3) is 5.65 Å². The second kappa shape index (κ2) is 7.22. The summed E-state index contributed by atoms with van der Waals surface area (Å²) >= 11 is 0. The van der Waals surface area contributed by atoms with Gasteiger partial charge in [0.15, 0.2) is 11.5 Å². The summed E-state index contributed by atoms with van der Waals surface area (Å²) in [5.74, 6) is -1.31. The molecule has 134 valence electrons. The molecule has 0 unspecified atom stereocenters. The molecule has 0 atom stereocenters. The second-order valence-corrected chi connectivity index (χ2v) is 5.75. The number of imidazole rings is 1. The molecule has 0 aliphatic heterocycles. The number of carbonyl (C=O) groups is 3. The Balaban J connectivity index is 2.19. The topological polar surface area (TPSA) is 102 Å². The van der Waals surface area contributed by atoms with Gasteiger partial charge in [-0.15, -0.1) is 0 Å². The first-order valence-electron chi connectivity index (χ1n) is 8.21. The predicted octanol–water partition coefficient (Wildman–Crippen LogP) is 2.82. The Bertz CT molecular complexity index is 1100. The van der Waals surface area contributed by atoms with Crippen LogP contribution in [0.5, 0.6) is 0 Å². The zero-order chi connectivity index (χ0) is 19.6. The number of Topliss-reactive ketones (excluding diaryl/α,β-unsaturated/α-hetero) is 1. The van der Waals surface area contributed by atoms with E-state index in [1.165, 1.54) is 47.9 Å². The van der Waals surface area contributed by atoms with E-state index in [1.54, 1.807) is 13.0 Å². The molecule has 1 aromatic carbocycles. The minimum absolute atomic E-state index is 0.0447. The number of benzene rings is 1. The van der Waals surface area contributed by atoms with E-state index in [2.05, 4.69) is 4.98 Å². The molecule has 7 heteroatoms. The largest absolute Gasteiger partial charge is 0.461 e. The number of rotatable bonds is 5. The third-order valence-electron chi connectivity index (χ3n) is 3.99. The molecule has 0 amide bonds. The van der Waals surface area contributed by atoms with Crippen molar-refractivity contribution in [2.24, 2.45) is 0 Å². The van der Waals surface area contributed by atoms with E-state index in [-0.39, 0.29) is 23.8 Å². The summed E-state index contributed by atoms with van der Waals surface area (Å²) in [5, 5.41) is 8.90. The van der Waals surface area contributed by atoms with Crippen LogP contribution in [0.3, 0.4) is 0 Å². The van der Waals surface area contributed by atoms with Crippen LogP contribution < -0.4 is 0 Å². The van der Waals surface area contributed by atoms with Gasteiger partial charge < -0.3 is 4.74 Å². The average molecular weight is 361 g/mol. The van der Waals surface area contributed by atoms with Crippen LogP contribution in [-0.4, -0.2) is 33.5 Å². The normalized spacial score (nSPS) is 10.4. The Morgan fingerprint density at radius 2 is 1.85 bits per heavy atom. The monoisotopic (exact) mass is 361 g/mol. The summed E-state index contributed by atoms with van der Waals surface area (Å²) < 4.78 is 6.48. The van der Waals surface area contributed by atoms with Gasteiger partial charge in [0.2, 0.25) is 5.78 Å². The molecule has 0 N–H and O–H groups in total. The van der Waals surface area contributed by atoms with Crippen LogP contribution in [0.15, 0.2) is 42.6 Å². The molecular weight excluding hydrogens is 346 g/mol. The standard InChI is InChI=1S/C20H15N3O4/c1-3-27-20(26)17-18(19(25)14-6-4-13(11-21)5-7-14)23-9-8-15(12(2)24)10-16(23)22-17/h4-10H,3H2,1-2H3. The maximum Gasteiger partial charge on any atom is 0.359 e. The lowest BCUT2D eigenvalue weighted by molar-refractivity contribution is 0.0517. The lowest BCUT2D eigenvalue weighted by Crippen LogP contribution is -2.14. The van der Waals surface area contributed by atoms with E-state index in [0.717, 1.165) is 0 Å². The van der Waals surface area contributed by atoms with Gasteiger partial charge in [0.25, 0.3) is 0 Å². The fourth-order valence-corrected chi connectivity index (χ4v) is 2.66. The minimum Gasteiger partial charge on any atom is -0.461 e. The van der Waals surface area contributed by atoms with Crippen molar-refractivity contribution >= 4 is 23.2 Å². The Hall–Kier alpha value is -3.79. The molecule has 0 bridgehead atoms. The molecule has 3 aromatic rings. The number of nitriles is 1. The number of ether oxygens (including phenoxy) is 1. The first kappa shape index (κ1) is 18.0. The van der Waals surface area contributed by atoms with Gasteiger partial charge in [0.05, 0.1) is 18.2 Å². The van der Waals surface area contributed by atoms with Crippen LogP contribution >= 0.6 is 0 Å². The first-order valence-corrected chi connectivity index (χ1v) is 8.21. The summed E-state index contributed by atoms with van der Waals surface area (Å²) in [4.78, 5) is 41.2. The molecule has 0 fully saturated rings. The summed E-state index contributed by atoms with van der Waals surface area (Å²) in [6.07, 6.45) is 1.53. The molecule has 2 aromatic heterocycles. The molecule has 0 saturated heterocycles. The predicted molar refractivity (Wildman–Crippen MR) is 95.7 cm³/mol. The Morgan fingerprint density at radius 1 is 1.15 bits per heavy atom. The first-order chi connectivity index (χ1) is 13.0. The number of fused-ring (bicyclic) bond motifs is 1. The molecule has 2 heterocycles. The average Bonchev–Trinajstić information content (AvgIpc) is 3.06. The van der Waals surface area contributed by atoms with Gasteiger partial charge in [-0.25, -0.2) is 9.78 Å². The highest BCUT2D eigenvalue weighted by atomic mass is 16.5. The van der Waals surface area contributed by atoms with Crippen LogP contribution in [0.1, 0.15) is 56.3 Å². The van der Waals surface area contributed by atoms with Crippen molar-refractivity contribution < 1.29 is 19.1 Å². The third kappa shape index (κ3) is 3.33. The molecular formula is C20H15N3O4. The van der Waals surface area contributed by atoms with E-state index < -0.39 is 11.8 Å². The van der Waals surface area contributed by atoms with E-state index in [4.69, 9.17) is 10.00 Å². The van der Waals surface area contributed by atoms with Gasteiger partial charge >= 0.3 is 5.97 Å². The van der Waals surface area contributed by atoms with Gasteiger partial charge in [0, 0.05) is 17.3 Å². The van der Waals surface area contributed by atoms with Crippen molar-refractivity contribution in [3.05, 3.63) is 70.7 Å². The molecule has 0 aliphatic carbocycles. The van der Waals surface area contributed by atoms with Gasteiger partial charge in [-0.3, -0.25) is 14.0 Å². The fraction of sp³-hybridized carbons (Fsp3) is 0.150. The number of nitrogens with zero attached hydrogens (tertiary/aromatic N) is 3. The van der Waals surface area contributed by atoms with E-state index >= 15 is 0 Å². The number of hydrogen-bond donors (Lipinski definition) is 0. The molecule has 7 nitrogen and oxygen atoms in total. The second-order valence-electron chi connectivity index (χ2n) is 5.75. The number of esters is 1. The quantitative estimate of drug-likeness (QED) is 0.511. The summed E-state index contributed by atoms with van der Waals surface area (Å²) in [7, 11) is 0. The number of ketones is 2. The van der Waals surface area contributed by atoms with Crippen molar-refractivity contribution in [3.63, 3.8) is 0 Å². The zero-order valence-corrected chi connectivity index (χ0v) is 14.7. The Labute approximate surface area is 154 Å². The van der Waals surface area contributed by atoms with Gasteiger partial charge in [-0.1, -0.05) is 0 Å². The molecule has 0 saturated carbocycles. The number of carbonyl (C=O) groups excluding carboxylic acids is 3. The van der Waals surface area contributed by atoms with E-state index in [1.807, 2.05) is 6.07 Å². The van der Waals surface area contributed by atoms with Crippen molar-refractivity contribution in [1.82, 2.24) is 9.38 Å². The molecule has 0 radical (unpaired) electrons. The maximum absolute atomic E-state index is 13.1. The Morgan fingerprint density at radius 3 is 2.44 bits per heavy atom. The molecule has 3 rings (SSSR count). The van der Waals surface area contributed by atoms with Crippen LogP contribution in [-0.2, 0) is 4.74 Å². The van der Waals surface area contributed by atoms with Crippen molar-refractivity contribution in [1.29, 1.82) is 5.26 Å². The van der Waals surface area contributed by atoms with Crippen LogP contribution in [0, 0.1) is 11.3 Å². The van der Waals surface area contributed by atoms with Gasteiger partial charge in [-0.2, -0.15) is 5.26 Å². The summed E-state index contributed by atoms with van der Waals surface area (Å²) in [5.41, 5.74) is 1.36. The van der Waals surface area contributed by atoms with Crippen molar-refractivity contribution in [3.8, 4) is 6.07 Å². The molecule has 0 aliphatic rings. The Kier molecular flexibility index (Phi) is 4.81. The lowest BCUT2D eigenvalue weighted by atomic mass is 10.0. The summed E-state index contributed by atoms with van der Waals surface area (Å²) in [6, 6.07) is 11.1. The molecule has 0 spiro atoms. The zero-order valence-electron chi connectivity index (χ0n) is 14.7. The third-order valence-corrected chi connectivity index (χ3v) is 3.99. The van der Waals surface area contributed by atoms with Crippen molar-refractivity contribution in [2.45, 2.75) is 13.8 Å². The lowest BCUT2D eigenvalue weighted by Gasteiger charge is -2.05. The smallest absolute Gasteiger partial charge is 0.359 e.